The number of nitrogens with one attached hydrogen (secondary N) is 1. The van der Waals surface area contributed by atoms with Crippen LogP contribution in [0.15, 0.2) is 30.5 Å². The zero-order chi connectivity index (χ0) is 17.7. The van der Waals surface area contributed by atoms with Gasteiger partial charge in [0.1, 0.15) is 6.20 Å². The van der Waals surface area contributed by atoms with Crippen LogP contribution in [0.5, 0.6) is 0 Å². The van der Waals surface area contributed by atoms with Gasteiger partial charge in [-0.15, -0.1) is 0 Å². The van der Waals surface area contributed by atoms with E-state index < -0.39 is 16.8 Å². The Kier molecular flexibility index (Phi) is 5.25. The van der Waals surface area contributed by atoms with Crippen LogP contribution >= 0.6 is 0 Å². The maximum atomic E-state index is 12.2. The zero-order valence-electron chi connectivity index (χ0n) is 13.2. The van der Waals surface area contributed by atoms with Crippen molar-refractivity contribution in [1.82, 2.24) is 9.78 Å². The summed E-state index contributed by atoms with van der Waals surface area (Å²) < 4.78 is 6.18. The van der Waals surface area contributed by atoms with Gasteiger partial charge >= 0.3 is 11.7 Å². The number of carbonyl (C=O) groups is 2. The van der Waals surface area contributed by atoms with Crippen molar-refractivity contribution < 1.29 is 19.2 Å². The minimum atomic E-state index is -0.696. The van der Waals surface area contributed by atoms with Crippen molar-refractivity contribution in [3.05, 3.63) is 51.8 Å². The van der Waals surface area contributed by atoms with Gasteiger partial charge in [0.2, 0.25) is 5.69 Å². The van der Waals surface area contributed by atoms with Crippen LogP contribution in [0.2, 0.25) is 0 Å². The number of nitro groups is 1. The molecule has 9 nitrogen and oxygen atoms in total. The summed E-state index contributed by atoms with van der Waals surface area (Å²) in [7, 11) is 0. The quantitative estimate of drug-likeness (QED) is 0.492. The highest BCUT2D eigenvalue weighted by Crippen LogP contribution is 2.19. The smallest absolute Gasteiger partial charge is 0.338 e. The van der Waals surface area contributed by atoms with Gasteiger partial charge in [-0.1, -0.05) is 0 Å². The monoisotopic (exact) mass is 332 g/mol. The number of anilines is 1. The topological polar surface area (TPSA) is 116 Å². The molecule has 0 atom stereocenters. The van der Waals surface area contributed by atoms with Crippen molar-refractivity contribution in [2.24, 2.45) is 0 Å². The Hall–Kier alpha value is -3.23. The van der Waals surface area contributed by atoms with Crippen LogP contribution in [0.1, 0.15) is 34.7 Å². The van der Waals surface area contributed by atoms with Gasteiger partial charge in [-0.05, 0) is 38.1 Å². The van der Waals surface area contributed by atoms with Crippen molar-refractivity contribution in [3.63, 3.8) is 0 Å². The SMILES string of the molecule is CCOC(=O)c1ccc(NC(=O)c2nn(CC)cc2[N+](=O)[O-])cc1. The van der Waals surface area contributed by atoms with Crippen molar-refractivity contribution in [1.29, 1.82) is 0 Å². The zero-order valence-corrected chi connectivity index (χ0v) is 13.2. The van der Waals surface area contributed by atoms with Gasteiger partial charge in [0, 0.05) is 12.2 Å². The summed E-state index contributed by atoms with van der Waals surface area (Å²) in [6.45, 7) is 4.13. The molecule has 1 aromatic carbocycles. The van der Waals surface area contributed by atoms with Gasteiger partial charge in [0.05, 0.1) is 17.1 Å². The number of hydrogen-bond acceptors (Lipinski definition) is 6. The molecule has 0 fully saturated rings. The van der Waals surface area contributed by atoms with E-state index in [1.807, 2.05) is 0 Å². The van der Waals surface area contributed by atoms with Crippen LogP contribution in [0.4, 0.5) is 11.4 Å². The number of esters is 1. The Labute approximate surface area is 137 Å². The summed E-state index contributed by atoms with van der Waals surface area (Å²) in [5, 5.41) is 17.4. The Morgan fingerprint density at radius 1 is 1.29 bits per heavy atom. The highest BCUT2D eigenvalue weighted by Gasteiger charge is 2.25. The molecule has 0 aliphatic rings. The average Bonchev–Trinajstić information content (AvgIpc) is 3.00. The lowest BCUT2D eigenvalue weighted by atomic mass is 10.2. The molecular weight excluding hydrogens is 316 g/mol. The number of nitrogens with zero attached hydrogens (tertiary/aromatic N) is 3. The number of carbonyl (C=O) groups excluding carboxylic acids is 2. The molecule has 2 aromatic rings. The number of aromatic nitrogens is 2. The highest BCUT2D eigenvalue weighted by atomic mass is 16.6. The van der Waals surface area contributed by atoms with Crippen LogP contribution in [-0.4, -0.2) is 33.2 Å². The van der Waals surface area contributed by atoms with E-state index in [0.717, 1.165) is 0 Å². The second-order valence-corrected chi connectivity index (χ2v) is 4.73. The lowest BCUT2D eigenvalue weighted by Crippen LogP contribution is -2.15. The molecule has 1 amide bonds. The van der Waals surface area contributed by atoms with Gasteiger partial charge in [-0.2, -0.15) is 5.10 Å². The van der Waals surface area contributed by atoms with E-state index >= 15 is 0 Å². The minimum Gasteiger partial charge on any atom is -0.462 e. The predicted octanol–water partition coefficient (Wildman–Crippen LogP) is 2.24. The minimum absolute atomic E-state index is 0.265. The number of ether oxygens (including phenoxy) is 1. The van der Waals surface area contributed by atoms with E-state index in [2.05, 4.69) is 10.4 Å². The standard InChI is InChI=1S/C15H16N4O5/c1-3-18-9-12(19(22)23)13(17-18)14(20)16-11-7-5-10(6-8-11)15(21)24-4-2/h5-9H,3-4H2,1-2H3,(H,16,20). The Morgan fingerprint density at radius 2 is 1.96 bits per heavy atom. The molecule has 0 bridgehead atoms. The summed E-state index contributed by atoms with van der Waals surface area (Å²) >= 11 is 0. The molecule has 0 saturated heterocycles. The third-order valence-corrected chi connectivity index (χ3v) is 3.13. The molecule has 0 aliphatic carbocycles. The first-order valence-corrected chi connectivity index (χ1v) is 7.26. The molecule has 2 rings (SSSR count). The van der Waals surface area contributed by atoms with Crippen molar-refractivity contribution in [2.45, 2.75) is 20.4 Å². The fraction of sp³-hybridized carbons (Fsp3) is 0.267. The molecule has 0 spiro atoms. The van der Waals surface area contributed by atoms with Crippen LogP contribution in [0.3, 0.4) is 0 Å². The van der Waals surface area contributed by atoms with Crippen LogP contribution in [-0.2, 0) is 11.3 Å². The number of amides is 1. The number of benzene rings is 1. The average molecular weight is 332 g/mol. The Balaban J connectivity index is 2.16. The summed E-state index contributed by atoms with van der Waals surface area (Å²) in [5.41, 5.74) is 0.0956. The van der Waals surface area contributed by atoms with Gasteiger partial charge in [-0.25, -0.2) is 4.79 Å². The first-order valence-electron chi connectivity index (χ1n) is 7.26. The van der Waals surface area contributed by atoms with Gasteiger partial charge in [0.25, 0.3) is 5.91 Å². The molecular formula is C15H16N4O5. The van der Waals surface area contributed by atoms with E-state index in [1.165, 1.54) is 35.1 Å². The second-order valence-electron chi connectivity index (χ2n) is 4.73. The summed E-state index contributed by atoms with van der Waals surface area (Å²) in [6.07, 6.45) is 1.21. The first-order chi connectivity index (χ1) is 11.5. The van der Waals surface area contributed by atoms with Crippen molar-refractivity contribution in [2.75, 3.05) is 11.9 Å². The normalized spacial score (nSPS) is 10.2. The van der Waals surface area contributed by atoms with Crippen LogP contribution in [0.25, 0.3) is 0 Å². The molecule has 0 aliphatic heterocycles. The lowest BCUT2D eigenvalue weighted by Gasteiger charge is -2.05. The van der Waals surface area contributed by atoms with Crippen LogP contribution < -0.4 is 5.32 Å². The molecule has 1 heterocycles. The van der Waals surface area contributed by atoms with E-state index in [-0.39, 0.29) is 18.0 Å². The van der Waals surface area contributed by atoms with Crippen molar-refractivity contribution in [3.8, 4) is 0 Å². The van der Waals surface area contributed by atoms with Crippen LogP contribution in [0, 0.1) is 10.1 Å². The number of rotatable bonds is 6. The Morgan fingerprint density at radius 3 is 2.50 bits per heavy atom. The van der Waals surface area contributed by atoms with E-state index in [0.29, 0.717) is 17.8 Å². The fourth-order valence-corrected chi connectivity index (χ4v) is 1.96. The third kappa shape index (κ3) is 3.75. The van der Waals surface area contributed by atoms with E-state index in [1.54, 1.807) is 13.8 Å². The van der Waals surface area contributed by atoms with Gasteiger partial charge < -0.3 is 10.1 Å². The molecule has 1 N–H and O–H groups in total. The van der Waals surface area contributed by atoms with Gasteiger partial charge in [-0.3, -0.25) is 19.6 Å². The number of hydrogen-bond donors (Lipinski definition) is 1. The fourth-order valence-electron chi connectivity index (χ4n) is 1.96. The van der Waals surface area contributed by atoms with E-state index in [4.69, 9.17) is 4.74 Å². The molecule has 1 aromatic heterocycles. The molecule has 0 unspecified atom stereocenters. The van der Waals surface area contributed by atoms with Crippen molar-refractivity contribution >= 4 is 23.3 Å². The van der Waals surface area contributed by atoms with E-state index in [9.17, 15) is 19.7 Å². The molecule has 24 heavy (non-hydrogen) atoms. The highest BCUT2D eigenvalue weighted by molar-refractivity contribution is 6.05. The molecule has 126 valence electrons. The molecule has 9 heteroatoms. The largest absolute Gasteiger partial charge is 0.462 e. The summed E-state index contributed by atoms with van der Waals surface area (Å²) in [5.74, 6) is -1.16. The summed E-state index contributed by atoms with van der Waals surface area (Å²) in [4.78, 5) is 34.1. The predicted molar refractivity (Wildman–Crippen MR) is 84.9 cm³/mol. The second kappa shape index (κ2) is 7.36. The Bertz CT molecular complexity index is 767. The first kappa shape index (κ1) is 17.1. The molecule has 0 saturated carbocycles. The molecule has 0 radical (unpaired) electrons. The van der Waals surface area contributed by atoms with Gasteiger partial charge in [0.15, 0.2) is 0 Å². The summed E-state index contributed by atoms with van der Waals surface area (Å²) in [6, 6.07) is 6.00. The maximum absolute atomic E-state index is 12.2. The third-order valence-electron chi connectivity index (χ3n) is 3.13. The lowest BCUT2D eigenvalue weighted by molar-refractivity contribution is -0.385. The number of aryl methyl sites for hydroxylation is 1. The maximum Gasteiger partial charge on any atom is 0.338 e.